The van der Waals surface area contributed by atoms with E-state index < -0.39 is 0 Å². The Kier molecular flexibility index (Phi) is 5.47. The van der Waals surface area contributed by atoms with Crippen molar-refractivity contribution in [2.75, 3.05) is 11.9 Å². The molecule has 1 nitrogen and oxygen atoms in total. The Morgan fingerprint density at radius 2 is 1.71 bits per heavy atom. The predicted octanol–water partition coefficient (Wildman–Crippen LogP) is 4.15. The number of halogens is 1. The molecule has 0 N–H and O–H groups in total. The van der Waals surface area contributed by atoms with Gasteiger partial charge in [-0.15, -0.1) is 0 Å². The van der Waals surface area contributed by atoms with Gasteiger partial charge in [0.05, 0.1) is 12.7 Å². The van der Waals surface area contributed by atoms with Crippen LogP contribution in [-0.4, -0.2) is 18.0 Å². The zero-order valence-corrected chi connectivity index (χ0v) is 11.1. The van der Waals surface area contributed by atoms with Crippen molar-refractivity contribution >= 4 is 15.9 Å². The minimum Gasteiger partial charge on any atom is -0.378 e. The summed E-state index contributed by atoms with van der Waals surface area (Å²) >= 11 is 3.53. The molecule has 1 saturated carbocycles. The molecular formula is C12H23BrO. The number of hydrogen-bond donors (Lipinski definition) is 0. The Balaban J connectivity index is 2.22. The lowest BCUT2D eigenvalue weighted by Crippen LogP contribution is -2.25. The van der Waals surface area contributed by atoms with Crippen LogP contribution in [0.4, 0.5) is 0 Å². The summed E-state index contributed by atoms with van der Waals surface area (Å²) in [5, 5.41) is 1.02. The molecule has 0 bridgehead atoms. The predicted molar refractivity (Wildman–Crippen MR) is 65.0 cm³/mol. The maximum absolute atomic E-state index is 5.99. The molecule has 0 aliphatic heterocycles. The Morgan fingerprint density at radius 1 is 1.14 bits per heavy atom. The molecule has 2 heteroatoms. The third-order valence-corrected chi connectivity index (χ3v) is 4.39. The van der Waals surface area contributed by atoms with Crippen molar-refractivity contribution < 1.29 is 4.74 Å². The van der Waals surface area contributed by atoms with E-state index in [1.54, 1.807) is 0 Å². The number of ether oxygens (including phenoxy) is 1. The van der Waals surface area contributed by atoms with Gasteiger partial charge in [0.15, 0.2) is 0 Å². The highest BCUT2D eigenvalue weighted by Gasteiger charge is 2.20. The summed E-state index contributed by atoms with van der Waals surface area (Å²) in [6.45, 7) is 5.39. The van der Waals surface area contributed by atoms with Crippen LogP contribution in [0.2, 0.25) is 0 Å². The Morgan fingerprint density at radius 3 is 2.21 bits per heavy atom. The first kappa shape index (κ1) is 12.5. The molecule has 0 unspecified atom stereocenters. The Labute approximate surface area is 96.7 Å². The van der Waals surface area contributed by atoms with Gasteiger partial charge in [-0.3, -0.25) is 0 Å². The fourth-order valence-electron chi connectivity index (χ4n) is 1.79. The van der Waals surface area contributed by atoms with E-state index in [9.17, 15) is 0 Å². The molecule has 0 aromatic carbocycles. The van der Waals surface area contributed by atoms with Gasteiger partial charge in [-0.1, -0.05) is 55.5 Å². The highest BCUT2D eigenvalue weighted by atomic mass is 79.9. The molecule has 1 rings (SSSR count). The van der Waals surface area contributed by atoms with Gasteiger partial charge in [-0.05, 0) is 18.3 Å². The lowest BCUT2D eigenvalue weighted by molar-refractivity contribution is 0.00312. The van der Waals surface area contributed by atoms with Crippen LogP contribution in [0.15, 0.2) is 0 Å². The second-order valence-electron chi connectivity index (χ2n) is 5.22. The van der Waals surface area contributed by atoms with Crippen molar-refractivity contribution in [1.29, 1.82) is 0 Å². The van der Waals surface area contributed by atoms with Crippen molar-refractivity contribution in [1.82, 2.24) is 0 Å². The summed E-state index contributed by atoms with van der Waals surface area (Å²) < 4.78 is 5.99. The van der Waals surface area contributed by atoms with Gasteiger partial charge < -0.3 is 4.74 Å². The van der Waals surface area contributed by atoms with Crippen LogP contribution >= 0.6 is 15.9 Å². The first-order valence-electron chi connectivity index (χ1n) is 5.82. The third-order valence-electron chi connectivity index (χ3n) is 2.87. The maximum atomic E-state index is 5.99. The van der Waals surface area contributed by atoms with E-state index in [2.05, 4.69) is 29.8 Å². The quantitative estimate of drug-likeness (QED) is 0.547. The van der Waals surface area contributed by atoms with E-state index in [1.807, 2.05) is 0 Å². The lowest BCUT2D eigenvalue weighted by Gasteiger charge is -2.25. The van der Waals surface area contributed by atoms with Gasteiger partial charge in [-0.25, -0.2) is 0 Å². The van der Waals surface area contributed by atoms with Gasteiger partial charge in [0.1, 0.15) is 0 Å². The van der Waals surface area contributed by atoms with Crippen LogP contribution in [0, 0.1) is 5.41 Å². The molecule has 0 atom stereocenters. The van der Waals surface area contributed by atoms with Crippen LogP contribution in [0.25, 0.3) is 0 Å². The molecule has 1 fully saturated rings. The standard InChI is InChI=1S/C12H23BrO/c1-12(2,9-13)10-14-11-7-5-3-4-6-8-11/h11H,3-10H2,1-2H3. The fraction of sp³-hybridized carbons (Fsp3) is 1.00. The third kappa shape index (κ3) is 4.79. The van der Waals surface area contributed by atoms with E-state index in [-0.39, 0.29) is 5.41 Å². The zero-order valence-electron chi connectivity index (χ0n) is 9.52. The van der Waals surface area contributed by atoms with Gasteiger partial charge in [0.25, 0.3) is 0 Å². The van der Waals surface area contributed by atoms with Gasteiger partial charge in [-0.2, -0.15) is 0 Å². The average Bonchev–Trinajstić information content (AvgIpc) is 2.43. The summed E-state index contributed by atoms with van der Waals surface area (Å²) in [5.41, 5.74) is 0.284. The molecule has 0 amide bonds. The van der Waals surface area contributed by atoms with E-state index in [0.717, 1.165) is 11.9 Å². The smallest absolute Gasteiger partial charge is 0.0575 e. The molecule has 0 spiro atoms. The highest BCUT2D eigenvalue weighted by Crippen LogP contribution is 2.24. The maximum Gasteiger partial charge on any atom is 0.0575 e. The minimum absolute atomic E-state index is 0.284. The van der Waals surface area contributed by atoms with E-state index in [1.165, 1.54) is 38.5 Å². The molecule has 84 valence electrons. The van der Waals surface area contributed by atoms with Gasteiger partial charge in [0, 0.05) is 5.33 Å². The van der Waals surface area contributed by atoms with Gasteiger partial charge in [0.2, 0.25) is 0 Å². The molecule has 0 aromatic heterocycles. The van der Waals surface area contributed by atoms with Crippen LogP contribution in [0.3, 0.4) is 0 Å². The molecule has 1 aliphatic rings. The van der Waals surface area contributed by atoms with E-state index in [0.29, 0.717) is 6.10 Å². The highest BCUT2D eigenvalue weighted by molar-refractivity contribution is 9.09. The second-order valence-corrected chi connectivity index (χ2v) is 5.78. The van der Waals surface area contributed by atoms with Crippen molar-refractivity contribution in [2.24, 2.45) is 5.41 Å². The topological polar surface area (TPSA) is 9.23 Å². The molecule has 14 heavy (non-hydrogen) atoms. The monoisotopic (exact) mass is 262 g/mol. The molecule has 1 aliphatic carbocycles. The number of rotatable bonds is 4. The van der Waals surface area contributed by atoms with Crippen molar-refractivity contribution in [3.8, 4) is 0 Å². The van der Waals surface area contributed by atoms with Crippen LogP contribution in [-0.2, 0) is 4.74 Å². The molecule has 0 saturated heterocycles. The second kappa shape index (κ2) is 6.12. The minimum atomic E-state index is 0.284. The number of hydrogen-bond acceptors (Lipinski definition) is 1. The first-order valence-corrected chi connectivity index (χ1v) is 6.94. The molecule has 0 heterocycles. The number of alkyl halides is 1. The van der Waals surface area contributed by atoms with Crippen molar-refractivity contribution in [2.45, 2.75) is 58.5 Å². The molecule has 0 radical (unpaired) electrons. The zero-order chi connectivity index (χ0) is 10.4. The van der Waals surface area contributed by atoms with Crippen molar-refractivity contribution in [3.05, 3.63) is 0 Å². The van der Waals surface area contributed by atoms with Crippen LogP contribution in [0.5, 0.6) is 0 Å². The molecule has 0 aromatic rings. The van der Waals surface area contributed by atoms with Crippen LogP contribution < -0.4 is 0 Å². The molecular weight excluding hydrogens is 240 g/mol. The summed E-state index contributed by atoms with van der Waals surface area (Å²) in [7, 11) is 0. The largest absolute Gasteiger partial charge is 0.378 e. The summed E-state index contributed by atoms with van der Waals surface area (Å²) in [5.74, 6) is 0. The van der Waals surface area contributed by atoms with Gasteiger partial charge >= 0.3 is 0 Å². The Bertz CT molecular complexity index is 148. The first-order chi connectivity index (χ1) is 6.64. The Hall–Kier alpha value is 0.440. The van der Waals surface area contributed by atoms with E-state index in [4.69, 9.17) is 4.74 Å². The van der Waals surface area contributed by atoms with E-state index >= 15 is 0 Å². The fourth-order valence-corrected chi connectivity index (χ4v) is 1.95. The lowest BCUT2D eigenvalue weighted by atomic mass is 9.98. The van der Waals surface area contributed by atoms with Crippen molar-refractivity contribution in [3.63, 3.8) is 0 Å². The SMILES string of the molecule is CC(C)(CBr)COC1CCCCCC1. The summed E-state index contributed by atoms with van der Waals surface area (Å²) in [6.07, 6.45) is 8.62. The summed E-state index contributed by atoms with van der Waals surface area (Å²) in [6, 6.07) is 0. The van der Waals surface area contributed by atoms with Crippen LogP contribution in [0.1, 0.15) is 52.4 Å². The average molecular weight is 263 g/mol. The summed E-state index contributed by atoms with van der Waals surface area (Å²) in [4.78, 5) is 0. The normalized spacial score (nSPS) is 20.8.